The third-order valence-corrected chi connectivity index (χ3v) is 3.70. The van der Waals surface area contributed by atoms with Crippen LogP contribution in [0, 0.1) is 0 Å². The Bertz CT molecular complexity index is 452. The lowest BCUT2D eigenvalue weighted by molar-refractivity contribution is 0.415. The SMILES string of the molecule is COc1ccc(Cl)c(/C=N/[S@](=O)C(C)(C)C)c1. The molecule has 0 heterocycles. The summed E-state index contributed by atoms with van der Waals surface area (Å²) in [6, 6.07) is 5.24. The molecule has 0 aromatic heterocycles. The summed E-state index contributed by atoms with van der Waals surface area (Å²) >= 11 is 6.01. The van der Waals surface area contributed by atoms with E-state index in [4.69, 9.17) is 16.3 Å². The first-order valence-corrected chi connectivity index (χ1v) is 6.62. The monoisotopic (exact) mass is 273 g/mol. The van der Waals surface area contributed by atoms with Crippen molar-refractivity contribution in [3.63, 3.8) is 0 Å². The van der Waals surface area contributed by atoms with E-state index in [9.17, 15) is 4.21 Å². The van der Waals surface area contributed by atoms with Crippen molar-refractivity contribution in [2.75, 3.05) is 7.11 Å². The minimum atomic E-state index is -1.28. The summed E-state index contributed by atoms with van der Waals surface area (Å²) in [6.07, 6.45) is 1.52. The highest BCUT2D eigenvalue weighted by Gasteiger charge is 2.18. The van der Waals surface area contributed by atoms with Crippen LogP contribution in [0.2, 0.25) is 5.02 Å². The number of methoxy groups -OCH3 is 1. The Kier molecular flexibility index (Phi) is 4.71. The van der Waals surface area contributed by atoms with Crippen molar-refractivity contribution in [2.24, 2.45) is 4.40 Å². The average Bonchev–Trinajstić information content (AvgIpc) is 2.26. The molecule has 0 aliphatic rings. The lowest BCUT2D eigenvalue weighted by Gasteiger charge is -2.12. The van der Waals surface area contributed by atoms with Crippen LogP contribution < -0.4 is 4.74 Å². The van der Waals surface area contributed by atoms with Gasteiger partial charge in [0, 0.05) is 16.8 Å². The van der Waals surface area contributed by atoms with Crippen molar-refractivity contribution >= 4 is 28.8 Å². The van der Waals surface area contributed by atoms with Gasteiger partial charge in [0.15, 0.2) is 0 Å². The van der Waals surface area contributed by atoms with Gasteiger partial charge in [0.05, 0.1) is 11.9 Å². The Hall–Kier alpha value is -0.870. The standard InChI is InChI=1S/C12H16ClNO2S/c1-12(2,3)17(15)14-8-9-7-10(16-4)5-6-11(9)13/h5-8H,1-4H3/b14-8+/t17-/m1/s1. The largest absolute Gasteiger partial charge is 0.497 e. The molecule has 1 atom stereocenters. The molecule has 94 valence electrons. The zero-order valence-corrected chi connectivity index (χ0v) is 11.9. The maximum Gasteiger partial charge on any atom is 0.144 e. The number of rotatable bonds is 3. The molecule has 0 aliphatic heterocycles. The summed E-state index contributed by atoms with van der Waals surface area (Å²) in [6.45, 7) is 5.61. The zero-order chi connectivity index (χ0) is 13.1. The van der Waals surface area contributed by atoms with E-state index in [-0.39, 0.29) is 4.75 Å². The van der Waals surface area contributed by atoms with Gasteiger partial charge in [0.1, 0.15) is 16.7 Å². The summed E-state index contributed by atoms with van der Waals surface area (Å²) in [5.41, 5.74) is 0.698. The maximum atomic E-state index is 11.7. The highest BCUT2D eigenvalue weighted by Crippen LogP contribution is 2.21. The molecule has 17 heavy (non-hydrogen) atoms. The molecule has 3 nitrogen and oxygen atoms in total. The number of nitrogens with zero attached hydrogens (tertiary/aromatic N) is 1. The lowest BCUT2D eigenvalue weighted by atomic mass is 10.2. The minimum absolute atomic E-state index is 0.373. The van der Waals surface area contributed by atoms with Crippen molar-refractivity contribution in [2.45, 2.75) is 25.5 Å². The third kappa shape index (κ3) is 4.13. The second-order valence-electron chi connectivity index (χ2n) is 4.48. The fourth-order valence-electron chi connectivity index (χ4n) is 1.01. The van der Waals surface area contributed by atoms with Crippen molar-refractivity contribution < 1.29 is 8.95 Å². The van der Waals surface area contributed by atoms with E-state index in [1.807, 2.05) is 20.8 Å². The number of halogens is 1. The molecular formula is C12H16ClNO2S. The van der Waals surface area contributed by atoms with Crippen LogP contribution in [0.25, 0.3) is 0 Å². The van der Waals surface area contributed by atoms with Crippen molar-refractivity contribution in [1.82, 2.24) is 0 Å². The topological polar surface area (TPSA) is 38.7 Å². The molecule has 0 amide bonds. The Morgan fingerprint density at radius 1 is 1.41 bits per heavy atom. The van der Waals surface area contributed by atoms with Gasteiger partial charge in [-0.25, -0.2) is 4.21 Å². The van der Waals surface area contributed by atoms with Crippen molar-refractivity contribution in [1.29, 1.82) is 0 Å². The molecule has 0 fully saturated rings. The Labute approximate surface area is 109 Å². The maximum absolute atomic E-state index is 11.7. The highest BCUT2D eigenvalue weighted by atomic mass is 35.5. The van der Waals surface area contributed by atoms with E-state index < -0.39 is 11.0 Å². The summed E-state index contributed by atoms with van der Waals surface area (Å²) in [5, 5.41) is 0.556. The van der Waals surface area contributed by atoms with Gasteiger partial charge in [-0.05, 0) is 39.0 Å². The van der Waals surface area contributed by atoms with Gasteiger partial charge in [-0.1, -0.05) is 11.6 Å². The second kappa shape index (κ2) is 5.65. The smallest absolute Gasteiger partial charge is 0.144 e. The van der Waals surface area contributed by atoms with E-state index in [0.29, 0.717) is 16.3 Å². The molecule has 5 heteroatoms. The van der Waals surface area contributed by atoms with Crippen LogP contribution in [0.4, 0.5) is 0 Å². The first kappa shape index (κ1) is 14.2. The normalized spacial score (nSPS) is 13.9. The summed E-state index contributed by atoms with van der Waals surface area (Å²) in [7, 11) is 0.296. The minimum Gasteiger partial charge on any atom is -0.497 e. The summed E-state index contributed by atoms with van der Waals surface area (Å²) in [5.74, 6) is 0.692. The van der Waals surface area contributed by atoms with Crippen LogP contribution in [-0.4, -0.2) is 22.3 Å². The molecule has 1 rings (SSSR count). The van der Waals surface area contributed by atoms with Gasteiger partial charge in [0.25, 0.3) is 0 Å². The first-order chi connectivity index (χ1) is 7.84. The number of hydrogen-bond acceptors (Lipinski definition) is 2. The molecule has 0 unspecified atom stereocenters. The number of hydrogen-bond donors (Lipinski definition) is 0. The molecule has 0 aliphatic carbocycles. The van der Waals surface area contributed by atoms with Gasteiger partial charge in [-0.3, -0.25) is 0 Å². The van der Waals surface area contributed by atoms with E-state index in [0.717, 1.165) is 0 Å². The predicted molar refractivity (Wildman–Crippen MR) is 73.5 cm³/mol. The quantitative estimate of drug-likeness (QED) is 0.793. The molecule has 1 aromatic rings. The lowest BCUT2D eigenvalue weighted by Crippen LogP contribution is -2.19. The van der Waals surface area contributed by atoms with Crippen LogP contribution in [-0.2, 0) is 11.0 Å². The Morgan fingerprint density at radius 2 is 2.06 bits per heavy atom. The molecule has 0 bridgehead atoms. The zero-order valence-electron chi connectivity index (χ0n) is 10.4. The first-order valence-electron chi connectivity index (χ1n) is 5.14. The van der Waals surface area contributed by atoms with E-state index in [2.05, 4.69) is 4.40 Å². The molecule has 1 aromatic carbocycles. The summed E-state index contributed by atoms with van der Waals surface area (Å²) in [4.78, 5) is 0. The fourth-order valence-corrected chi connectivity index (χ4v) is 1.70. The molecular weight excluding hydrogens is 258 g/mol. The fraction of sp³-hybridized carbons (Fsp3) is 0.417. The van der Waals surface area contributed by atoms with Crippen LogP contribution in [0.15, 0.2) is 22.6 Å². The average molecular weight is 274 g/mol. The molecule has 0 radical (unpaired) electrons. The Morgan fingerprint density at radius 3 is 2.59 bits per heavy atom. The Balaban J connectivity index is 2.95. The van der Waals surface area contributed by atoms with Gasteiger partial charge < -0.3 is 4.74 Å². The third-order valence-electron chi connectivity index (χ3n) is 2.01. The highest BCUT2D eigenvalue weighted by molar-refractivity contribution is 7.85. The van der Waals surface area contributed by atoms with Crippen molar-refractivity contribution in [3.05, 3.63) is 28.8 Å². The van der Waals surface area contributed by atoms with E-state index >= 15 is 0 Å². The molecule has 0 spiro atoms. The van der Waals surface area contributed by atoms with Crippen LogP contribution in [0.3, 0.4) is 0 Å². The van der Waals surface area contributed by atoms with Crippen LogP contribution >= 0.6 is 11.6 Å². The van der Waals surface area contributed by atoms with E-state index in [1.54, 1.807) is 25.3 Å². The number of ether oxygens (including phenoxy) is 1. The van der Waals surface area contributed by atoms with Crippen LogP contribution in [0.1, 0.15) is 26.3 Å². The van der Waals surface area contributed by atoms with Gasteiger partial charge in [-0.2, -0.15) is 4.40 Å². The summed E-state index contributed by atoms with van der Waals surface area (Å²) < 4.78 is 20.5. The van der Waals surface area contributed by atoms with Gasteiger partial charge in [0.2, 0.25) is 0 Å². The second-order valence-corrected chi connectivity index (χ2v) is 6.82. The number of benzene rings is 1. The van der Waals surface area contributed by atoms with Crippen molar-refractivity contribution in [3.8, 4) is 5.75 Å². The van der Waals surface area contributed by atoms with Gasteiger partial charge >= 0.3 is 0 Å². The predicted octanol–water partition coefficient (Wildman–Crippen LogP) is 3.23. The van der Waals surface area contributed by atoms with Crippen LogP contribution in [0.5, 0.6) is 5.75 Å². The van der Waals surface area contributed by atoms with E-state index in [1.165, 1.54) is 6.21 Å². The van der Waals surface area contributed by atoms with Gasteiger partial charge in [-0.15, -0.1) is 0 Å². The molecule has 0 saturated heterocycles. The molecule has 0 N–H and O–H groups in total. The molecule has 0 saturated carbocycles.